The summed E-state index contributed by atoms with van der Waals surface area (Å²) < 4.78 is 0. The molecular weight excluding hydrogens is 284 g/mol. The third-order valence-electron chi connectivity index (χ3n) is 4.50. The van der Waals surface area contributed by atoms with Gasteiger partial charge in [-0.05, 0) is 37.4 Å². The smallest absolute Gasteiger partial charge is 0.232 e. The monoisotopic (exact) mass is 308 g/mol. The number of nitrogens with one attached hydrogen (secondary N) is 2. The molecule has 3 nitrogen and oxygen atoms in total. The maximum Gasteiger partial charge on any atom is 0.232 e. The van der Waals surface area contributed by atoms with Gasteiger partial charge in [-0.3, -0.25) is 4.79 Å². The van der Waals surface area contributed by atoms with Crippen molar-refractivity contribution in [3.05, 3.63) is 71.8 Å². The number of piperidine rings is 1. The summed E-state index contributed by atoms with van der Waals surface area (Å²) in [5.74, 6) is -0.149. The van der Waals surface area contributed by atoms with Gasteiger partial charge in [0.15, 0.2) is 0 Å². The molecule has 2 aromatic rings. The number of hydrogen-bond acceptors (Lipinski definition) is 2. The molecule has 1 heterocycles. The number of benzene rings is 2. The summed E-state index contributed by atoms with van der Waals surface area (Å²) in [5, 5.41) is 6.69. The van der Waals surface area contributed by atoms with Crippen molar-refractivity contribution in [2.75, 3.05) is 6.54 Å². The van der Waals surface area contributed by atoms with Gasteiger partial charge in [0.2, 0.25) is 5.91 Å². The second-order valence-corrected chi connectivity index (χ2v) is 6.34. The van der Waals surface area contributed by atoms with Gasteiger partial charge in [-0.2, -0.15) is 0 Å². The molecule has 2 unspecified atom stereocenters. The summed E-state index contributed by atoms with van der Waals surface area (Å²) in [5.41, 5.74) is 2.08. The van der Waals surface area contributed by atoms with Crippen molar-refractivity contribution < 1.29 is 4.79 Å². The van der Waals surface area contributed by atoms with Crippen LogP contribution in [-0.2, 0) is 4.79 Å². The fourth-order valence-corrected chi connectivity index (χ4v) is 3.33. The maximum absolute atomic E-state index is 13.0. The molecule has 2 atom stereocenters. The number of rotatable bonds is 4. The van der Waals surface area contributed by atoms with E-state index in [-0.39, 0.29) is 17.9 Å². The summed E-state index contributed by atoms with van der Waals surface area (Å²) in [6.07, 6.45) is 1.98. The van der Waals surface area contributed by atoms with Crippen LogP contribution < -0.4 is 10.6 Å². The highest BCUT2D eigenvalue weighted by molar-refractivity contribution is 5.87. The first-order valence-electron chi connectivity index (χ1n) is 8.37. The lowest BCUT2D eigenvalue weighted by atomic mass is 9.89. The minimum Gasteiger partial charge on any atom is -0.352 e. The van der Waals surface area contributed by atoms with Crippen molar-refractivity contribution in [3.8, 4) is 0 Å². The second kappa shape index (κ2) is 7.42. The highest BCUT2D eigenvalue weighted by atomic mass is 16.1. The zero-order valence-electron chi connectivity index (χ0n) is 13.5. The first-order valence-corrected chi connectivity index (χ1v) is 8.37. The van der Waals surface area contributed by atoms with E-state index in [1.807, 2.05) is 60.7 Å². The third kappa shape index (κ3) is 3.99. The molecule has 0 bridgehead atoms. The van der Waals surface area contributed by atoms with Gasteiger partial charge in [0, 0.05) is 12.1 Å². The van der Waals surface area contributed by atoms with E-state index in [1.165, 1.54) is 0 Å². The number of amides is 1. The molecular formula is C20H24N2O. The van der Waals surface area contributed by atoms with Crippen molar-refractivity contribution in [1.29, 1.82) is 0 Å². The topological polar surface area (TPSA) is 41.1 Å². The Morgan fingerprint density at radius 1 is 1.04 bits per heavy atom. The predicted octanol–water partition coefficient (Wildman–Crippen LogP) is 3.08. The third-order valence-corrected chi connectivity index (χ3v) is 4.50. The van der Waals surface area contributed by atoms with E-state index in [1.54, 1.807) is 0 Å². The molecule has 1 aliphatic heterocycles. The predicted molar refractivity (Wildman–Crippen MR) is 93.4 cm³/mol. The van der Waals surface area contributed by atoms with Gasteiger partial charge in [-0.25, -0.2) is 0 Å². The van der Waals surface area contributed by atoms with E-state index < -0.39 is 0 Å². The lowest BCUT2D eigenvalue weighted by Gasteiger charge is -2.30. The SMILES string of the molecule is CC1CC(NC(=O)C(c2ccccc2)c2ccccc2)CCN1. The van der Waals surface area contributed by atoms with E-state index in [0.717, 1.165) is 30.5 Å². The Morgan fingerprint density at radius 3 is 2.13 bits per heavy atom. The van der Waals surface area contributed by atoms with Crippen LogP contribution in [0.1, 0.15) is 36.8 Å². The van der Waals surface area contributed by atoms with E-state index in [9.17, 15) is 4.79 Å². The van der Waals surface area contributed by atoms with Gasteiger partial charge in [0.05, 0.1) is 5.92 Å². The van der Waals surface area contributed by atoms with Crippen LogP contribution in [0.2, 0.25) is 0 Å². The number of hydrogen-bond donors (Lipinski definition) is 2. The van der Waals surface area contributed by atoms with E-state index in [2.05, 4.69) is 17.6 Å². The highest BCUT2D eigenvalue weighted by Gasteiger charge is 2.26. The molecule has 0 aliphatic carbocycles. The van der Waals surface area contributed by atoms with Crippen molar-refractivity contribution in [3.63, 3.8) is 0 Å². The first-order chi connectivity index (χ1) is 11.2. The lowest BCUT2D eigenvalue weighted by Crippen LogP contribution is -2.47. The molecule has 1 fully saturated rings. The molecule has 2 aromatic carbocycles. The summed E-state index contributed by atoms with van der Waals surface area (Å²) in [6, 6.07) is 20.8. The molecule has 0 saturated carbocycles. The number of carbonyl (C=O) groups excluding carboxylic acids is 1. The summed E-state index contributed by atoms with van der Waals surface area (Å²) >= 11 is 0. The minimum atomic E-state index is -0.248. The van der Waals surface area contributed by atoms with Crippen LogP contribution in [0.25, 0.3) is 0 Å². The van der Waals surface area contributed by atoms with Crippen molar-refractivity contribution in [2.45, 2.75) is 37.8 Å². The molecule has 120 valence electrons. The average Bonchev–Trinajstić information content (AvgIpc) is 2.57. The Bertz CT molecular complexity index is 587. The molecule has 0 spiro atoms. The second-order valence-electron chi connectivity index (χ2n) is 6.34. The molecule has 3 rings (SSSR count). The molecule has 1 aliphatic rings. The number of carbonyl (C=O) groups is 1. The molecule has 23 heavy (non-hydrogen) atoms. The van der Waals surface area contributed by atoms with Gasteiger partial charge in [0.25, 0.3) is 0 Å². The van der Waals surface area contributed by atoms with Crippen molar-refractivity contribution in [2.24, 2.45) is 0 Å². The molecule has 3 heteroatoms. The van der Waals surface area contributed by atoms with Crippen LogP contribution in [-0.4, -0.2) is 24.5 Å². The zero-order chi connectivity index (χ0) is 16.1. The maximum atomic E-state index is 13.0. The summed E-state index contributed by atoms with van der Waals surface area (Å²) in [6.45, 7) is 3.14. The fraction of sp³-hybridized carbons (Fsp3) is 0.350. The normalized spacial score (nSPS) is 21.1. The molecule has 0 aromatic heterocycles. The Morgan fingerprint density at radius 2 is 1.61 bits per heavy atom. The van der Waals surface area contributed by atoms with Crippen LogP contribution in [0.3, 0.4) is 0 Å². The largest absolute Gasteiger partial charge is 0.352 e. The highest BCUT2D eigenvalue weighted by Crippen LogP contribution is 2.25. The Balaban J connectivity index is 1.82. The van der Waals surface area contributed by atoms with Crippen molar-refractivity contribution in [1.82, 2.24) is 10.6 Å². The van der Waals surface area contributed by atoms with Gasteiger partial charge < -0.3 is 10.6 Å². The van der Waals surface area contributed by atoms with Gasteiger partial charge in [-0.1, -0.05) is 60.7 Å². The van der Waals surface area contributed by atoms with Gasteiger partial charge in [-0.15, -0.1) is 0 Å². The first kappa shape index (κ1) is 15.8. The lowest BCUT2D eigenvalue weighted by molar-refractivity contribution is -0.122. The quantitative estimate of drug-likeness (QED) is 0.911. The Hall–Kier alpha value is -2.13. The van der Waals surface area contributed by atoms with E-state index >= 15 is 0 Å². The fourth-order valence-electron chi connectivity index (χ4n) is 3.33. The van der Waals surface area contributed by atoms with E-state index in [4.69, 9.17) is 0 Å². The van der Waals surface area contributed by atoms with Gasteiger partial charge >= 0.3 is 0 Å². The molecule has 2 N–H and O–H groups in total. The standard InChI is InChI=1S/C20H24N2O/c1-15-14-18(12-13-21-15)22-20(23)19(16-8-4-2-5-9-16)17-10-6-3-7-11-17/h2-11,15,18-19,21H,12-14H2,1H3,(H,22,23). The van der Waals surface area contributed by atoms with E-state index in [0.29, 0.717) is 6.04 Å². The molecule has 0 radical (unpaired) electrons. The Labute approximate surface area is 138 Å². The van der Waals surface area contributed by atoms with Crippen LogP contribution in [0, 0.1) is 0 Å². The molecule has 1 saturated heterocycles. The minimum absolute atomic E-state index is 0.0986. The molecule has 1 amide bonds. The van der Waals surface area contributed by atoms with Crippen LogP contribution in [0.4, 0.5) is 0 Å². The Kier molecular flexibility index (Phi) is 5.09. The van der Waals surface area contributed by atoms with Gasteiger partial charge in [0.1, 0.15) is 0 Å². The van der Waals surface area contributed by atoms with Crippen LogP contribution in [0.15, 0.2) is 60.7 Å². The zero-order valence-corrected chi connectivity index (χ0v) is 13.5. The summed E-state index contributed by atoms with van der Waals surface area (Å²) in [7, 11) is 0. The average molecular weight is 308 g/mol. The van der Waals surface area contributed by atoms with Crippen LogP contribution >= 0.6 is 0 Å². The van der Waals surface area contributed by atoms with Crippen LogP contribution in [0.5, 0.6) is 0 Å². The van der Waals surface area contributed by atoms with Crippen molar-refractivity contribution >= 4 is 5.91 Å². The summed E-state index contributed by atoms with van der Waals surface area (Å²) in [4.78, 5) is 13.0.